The minimum atomic E-state index is -5.24. The van der Waals surface area contributed by atoms with Crippen LogP contribution in [0.1, 0.15) is 106 Å². The van der Waals surface area contributed by atoms with E-state index < -0.39 is 113 Å². The number of amides is 5. The normalized spacial score (nSPS) is 16.1. The lowest BCUT2D eigenvalue weighted by Gasteiger charge is -2.36. The van der Waals surface area contributed by atoms with E-state index in [0.717, 1.165) is 38.5 Å². The average Bonchev–Trinajstić information content (AvgIpc) is 3.18. The van der Waals surface area contributed by atoms with E-state index in [1.54, 1.807) is 20.8 Å². The van der Waals surface area contributed by atoms with E-state index >= 15 is 0 Å². The lowest BCUT2D eigenvalue weighted by molar-refractivity contribution is -0.279. The number of halogens is 3. The maximum atomic E-state index is 14.7. The molecule has 1 aromatic rings. The summed E-state index contributed by atoms with van der Waals surface area (Å²) in [6.45, 7) is 14.2. The number of unbranched alkanes of at least 4 members (excludes halogenated alkanes) is 3. The van der Waals surface area contributed by atoms with Crippen LogP contribution in [0.5, 0.6) is 0 Å². The summed E-state index contributed by atoms with van der Waals surface area (Å²) < 4.78 is 59.3. The molecule has 0 aliphatic carbocycles. The van der Waals surface area contributed by atoms with Crippen LogP contribution in [0.2, 0.25) is 0 Å². The summed E-state index contributed by atoms with van der Waals surface area (Å²) in [7, 11) is 1.92. The second-order valence-corrected chi connectivity index (χ2v) is 15.9. The average molecular weight is 858 g/mol. The maximum absolute atomic E-state index is 14.7. The first-order valence-corrected chi connectivity index (χ1v) is 20.4. The van der Waals surface area contributed by atoms with Gasteiger partial charge in [0.15, 0.2) is 0 Å². The molecule has 0 fully saturated rings. The van der Waals surface area contributed by atoms with Gasteiger partial charge >= 0.3 is 18.1 Å². The fourth-order valence-electron chi connectivity index (χ4n) is 6.52. The molecular formula is C42H66F3N5O10. The van der Waals surface area contributed by atoms with Crippen LogP contribution >= 0.6 is 0 Å². The van der Waals surface area contributed by atoms with Crippen molar-refractivity contribution in [1.29, 1.82) is 0 Å². The van der Waals surface area contributed by atoms with Gasteiger partial charge in [-0.15, -0.1) is 0 Å². The highest BCUT2D eigenvalue weighted by atomic mass is 19.4. The number of ether oxygens (including phenoxy) is 3. The van der Waals surface area contributed by atoms with Crippen LogP contribution in [-0.2, 0) is 53.4 Å². The molecule has 0 bridgehead atoms. The Balaban J connectivity index is 3.18. The predicted octanol–water partition coefficient (Wildman–Crippen LogP) is 4.22. The molecule has 0 radical (unpaired) electrons. The maximum Gasteiger partial charge on any atom is 0.432 e. The number of rotatable bonds is 25. The molecule has 60 heavy (non-hydrogen) atoms. The van der Waals surface area contributed by atoms with Crippen LogP contribution in [0, 0.1) is 23.7 Å². The number of carbonyl (C=O) groups excluding carboxylic acids is 7. The molecule has 0 unspecified atom stereocenters. The van der Waals surface area contributed by atoms with Gasteiger partial charge in [0.2, 0.25) is 29.5 Å². The third kappa shape index (κ3) is 15.7. The molecule has 0 heterocycles. The van der Waals surface area contributed by atoms with Crippen molar-refractivity contribution in [3.8, 4) is 0 Å². The number of hydrogen-bond donors (Lipinski definition) is 5. The molecule has 8 atom stereocenters. The predicted molar refractivity (Wildman–Crippen MR) is 217 cm³/mol. The summed E-state index contributed by atoms with van der Waals surface area (Å²) in [5, 5.41) is 12.6. The molecule has 0 aliphatic rings. The van der Waals surface area contributed by atoms with Crippen molar-refractivity contribution >= 4 is 41.5 Å². The topological polar surface area (TPSA) is 207 Å². The van der Waals surface area contributed by atoms with Gasteiger partial charge in [-0.3, -0.25) is 24.0 Å². The highest BCUT2D eigenvalue weighted by Gasteiger charge is 2.64. The lowest BCUT2D eigenvalue weighted by atomic mass is 9.87. The number of benzene rings is 1. The Kier molecular flexibility index (Phi) is 22.3. The van der Waals surface area contributed by atoms with Gasteiger partial charge in [-0.05, 0) is 44.4 Å². The third-order valence-electron chi connectivity index (χ3n) is 10.1. The van der Waals surface area contributed by atoms with Gasteiger partial charge < -0.3 is 40.8 Å². The van der Waals surface area contributed by atoms with Crippen LogP contribution < -0.4 is 26.6 Å². The van der Waals surface area contributed by atoms with Gasteiger partial charge in [0.05, 0.1) is 19.6 Å². The third-order valence-corrected chi connectivity index (χ3v) is 10.1. The standard InChI is InChI=1S/C42H66F3N5O10/c1-12-13-14-16-19-26(6)34(60-40(57)41(59-11,42(43,44)45)30-20-17-15-18-21-30)27(7)35(52)46-23-32(51)50-33(25(4)5)38(55)49-31(22-24(2)3)37(54)47-28(8)36(53)48-29(9)39(56)58-10/h15,17-18,20-21,24-29,31,33-34H,12-14,16,19,22-23H2,1-11H3,(H,46,52)(H,47,54)(H,48,53)(H,49,55)(H,50,51)/t26-,27+,28-,29-,31-,33-,34+,41+/m0/s1. The Morgan fingerprint density at radius 2 is 1.32 bits per heavy atom. The van der Waals surface area contributed by atoms with E-state index in [9.17, 15) is 46.7 Å². The van der Waals surface area contributed by atoms with Crippen LogP contribution in [0.3, 0.4) is 0 Å². The second-order valence-electron chi connectivity index (χ2n) is 15.9. The summed E-state index contributed by atoms with van der Waals surface area (Å²) in [5.74, 6) is -8.48. The van der Waals surface area contributed by atoms with Gasteiger partial charge in [0.1, 0.15) is 30.3 Å². The van der Waals surface area contributed by atoms with Crippen molar-refractivity contribution in [3.05, 3.63) is 35.9 Å². The molecule has 0 saturated heterocycles. The zero-order valence-electron chi connectivity index (χ0n) is 36.7. The lowest BCUT2D eigenvalue weighted by Crippen LogP contribution is -2.58. The van der Waals surface area contributed by atoms with Crippen LogP contribution in [-0.4, -0.2) is 98.7 Å². The smallest absolute Gasteiger partial charge is 0.432 e. The highest BCUT2D eigenvalue weighted by molar-refractivity contribution is 5.95. The number of esters is 2. The summed E-state index contributed by atoms with van der Waals surface area (Å²) in [4.78, 5) is 91.5. The SMILES string of the molecule is CCCCCC[C@H](C)[C@@H](OC(=O)[C@](OC)(c1ccccc1)C(F)(F)F)[C@@H](C)C(=O)NCC(=O)N[C@H](C(=O)N[C@@H](CC(C)C)C(=O)N[C@@H](C)C(=O)N[C@@H](C)C(=O)OC)C(C)C. The molecule has 0 aromatic heterocycles. The number of alkyl halides is 3. The monoisotopic (exact) mass is 857 g/mol. The first kappa shape index (κ1) is 53.3. The number of methoxy groups -OCH3 is 2. The summed E-state index contributed by atoms with van der Waals surface area (Å²) in [6.07, 6.45) is -2.68. The van der Waals surface area contributed by atoms with Gasteiger partial charge in [0, 0.05) is 12.7 Å². The number of carbonyl (C=O) groups is 7. The first-order chi connectivity index (χ1) is 28.0. The molecule has 18 heteroatoms. The van der Waals surface area contributed by atoms with Crippen molar-refractivity contribution in [2.75, 3.05) is 20.8 Å². The van der Waals surface area contributed by atoms with E-state index in [2.05, 4.69) is 31.3 Å². The van der Waals surface area contributed by atoms with Crippen molar-refractivity contribution in [2.45, 2.75) is 143 Å². The molecular weight excluding hydrogens is 791 g/mol. The van der Waals surface area contributed by atoms with E-state index in [1.807, 2.05) is 20.8 Å². The molecule has 0 spiro atoms. The summed E-state index contributed by atoms with van der Waals surface area (Å²) in [5.41, 5.74) is -3.99. The van der Waals surface area contributed by atoms with Crippen LogP contribution in [0.15, 0.2) is 30.3 Å². The second kappa shape index (κ2) is 25.1. The zero-order valence-corrected chi connectivity index (χ0v) is 36.7. The minimum absolute atomic E-state index is 0.0892. The van der Waals surface area contributed by atoms with E-state index in [0.29, 0.717) is 12.8 Å². The van der Waals surface area contributed by atoms with Crippen molar-refractivity contribution in [1.82, 2.24) is 26.6 Å². The fourth-order valence-corrected chi connectivity index (χ4v) is 6.52. The first-order valence-electron chi connectivity index (χ1n) is 20.4. The quantitative estimate of drug-likeness (QED) is 0.0700. The number of nitrogens with one attached hydrogen (secondary N) is 5. The fraction of sp³-hybridized carbons (Fsp3) is 0.690. The zero-order chi connectivity index (χ0) is 46.0. The Bertz CT molecular complexity index is 1580. The Morgan fingerprint density at radius 3 is 1.83 bits per heavy atom. The minimum Gasteiger partial charge on any atom is -0.467 e. The molecule has 5 N–H and O–H groups in total. The Hall–Kier alpha value is -4.74. The van der Waals surface area contributed by atoms with E-state index in [4.69, 9.17) is 9.47 Å². The van der Waals surface area contributed by atoms with Crippen LogP contribution in [0.25, 0.3) is 0 Å². The van der Waals surface area contributed by atoms with Crippen molar-refractivity contribution in [2.24, 2.45) is 23.7 Å². The largest absolute Gasteiger partial charge is 0.467 e. The molecule has 340 valence electrons. The molecule has 1 rings (SSSR count). The molecule has 5 amide bonds. The molecule has 1 aromatic carbocycles. The number of hydrogen-bond acceptors (Lipinski definition) is 10. The Morgan fingerprint density at radius 1 is 0.717 bits per heavy atom. The Labute approximate surface area is 351 Å². The summed E-state index contributed by atoms with van der Waals surface area (Å²) >= 11 is 0. The van der Waals surface area contributed by atoms with Gasteiger partial charge in [-0.2, -0.15) is 13.2 Å². The van der Waals surface area contributed by atoms with Crippen LogP contribution in [0.4, 0.5) is 13.2 Å². The van der Waals surface area contributed by atoms with E-state index in [1.165, 1.54) is 46.1 Å². The molecule has 15 nitrogen and oxygen atoms in total. The molecule has 0 saturated carbocycles. The molecule has 0 aliphatic heterocycles. The van der Waals surface area contributed by atoms with Gasteiger partial charge in [-0.1, -0.05) is 104 Å². The van der Waals surface area contributed by atoms with Crippen molar-refractivity contribution < 1.29 is 60.9 Å². The highest BCUT2D eigenvalue weighted by Crippen LogP contribution is 2.44. The van der Waals surface area contributed by atoms with Gasteiger partial charge in [-0.25, -0.2) is 9.59 Å². The van der Waals surface area contributed by atoms with Crippen molar-refractivity contribution in [3.63, 3.8) is 0 Å². The van der Waals surface area contributed by atoms with Gasteiger partial charge in [0.25, 0.3) is 5.60 Å². The summed E-state index contributed by atoms with van der Waals surface area (Å²) in [6, 6.07) is 1.96. The van der Waals surface area contributed by atoms with E-state index in [-0.39, 0.29) is 12.3 Å².